The van der Waals surface area contributed by atoms with E-state index in [9.17, 15) is 18.0 Å². The molecule has 76 valence electrons. The quantitative estimate of drug-likeness (QED) is 0.821. The van der Waals surface area contributed by atoms with Crippen molar-refractivity contribution in [3.8, 4) is 0 Å². The van der Waals surface area contributed by atoms with Crippen LogP contribution in [0.15, 0.2) is 24.3 Å². The second kappa shape index (κ2) is 4.13. The zero-order valence-corrected chi connectivity index (χ0v) is 6.95. The first-order valence-electron chi connectivity index (χ1n) is 3.78. The van der Waals surface area contributed by atoms with E-state index in [1.165, 1.54) is 12.1 Å². The van der Waals surface area contributed by atoms with Gasteiger partial charge in [0.2, 0.25) is 0 Å². The number of hydrogen-bond donors (Lipinski definition) is 1. The maximum atomic E-state index is 12.9. The van der Waals surface area contributed by atoms with Crippen LogP contribution in [0.3, 0.4) is 0 Å². The van der Waals surface area contributed by atoms with E-state index in [1.807, 2.05) is 0 Å². The number of hydrogen-bond acceptors (Lipinski definition) is 1. The molecule has 0 saturated heterocycles. The number of carboxylic acids is 1. The van der Waals surface area contributed by atoms with Crippen molar-refractivity contribution in [1.29, 1.82) is 0 Å². The summed E-state index contributed by atoms with van der Waals surface area (Å²) >= 11 is 0. The van der Waals surface area contributed by atoms with Gasteiger partial charge in [0, 0.05) is 5.56 Å². The predicted molar refractivity (Wildman–Crippen MR) is 43.3 cm³/mol. The highest BCUT2D eigenvalue weighted by atomic mass is 19.3. The lowest BCUT2D eigenvalue weighted by Crippen LogP contribution is -2.09. The van der Waals surface area contributed by atoms with E-state index in [1.54, 1.807) is 0 Å². The highest BCUT2D eigenvalue weighted by Gasteiger charge is 2.25. The Morgan fingerprint density at radius 3 is 2.29 bits per heavy atom. The van der Waals surface area contributed by atoms with Crippen LogP contribution in [-0.2, 0) is 0 Å². The van der Waals surface area contributed by atoms with Gasteiger partial charge in [-0.3, -0.25) is 0 Å². The first-order chi connectivity index (χ1) is 6.54. The van der Waals surface area contributed by atoms with Gasteiger partial charge in [0.25, 0.3) is 6.43 Å². The predicted octanol–water partition coefficient (Wildman–Crippen LogP) is 2.66. The van der Waals surface area contributed by atoms with Gasteiger partial charge in [0.05, 0.1) is 5.56 Å². The summed E-state index contributed by atoms with van der Waals surface area (Å²) in [7, 11) is 0. The molecule has 0 aliphatic carbocycles. The van der Waals surface area contributed by atoms with Crippen molar-refractivity contribution in [1.82, 2.24) is 0 Å². The summed E-state index contributed by atoms with van der Waals surface area (Å²) in [6.07, 6.45) is -5.77. The number of alkyl halides is 3. The number of carbonyl (C=O) groups is 1. The van der Waals surface area contributed by atoms with Crippen molar-refractivity contribution in [3.63, 3.8) is 0 Å². The Bertz CT molecular complexity index is 339. The molecule has 0 aromatic heterocycles. The summed E-state index contributed by atoms with van der Waals surface area (Å²) in [6, 6.07) is 4.80. The topological polar surface area (TPSA) is 37.3 Å². The third kappa shape index (κ3) is 2.04. The molecule has 0 aliphatic rings. The van der Waals surface area contributed by atoms with Crippen molar-refractivity contribution in [2.45, 2.75) is 12.6 Å². The number of rotatable bonds is 3. The standard InChI is InChI=1S/C9H7F3O2/c10-7(8(11)12)5-3-1-2-4-6(5)9(13)14/h1-4,7-8H,(H,13,14). The largest absolute Gasteiger partial charge is 0.478 e. The third-order valence-corrected chi connectivity index (χ3v) is 1.71. The Kier molecular flexibility index (Phi) is 3.11. The van der Waals surface area contributed by atoms with Crippen molar-refractivity contribution in [3.05, 3.63) is 35.4 Å². The molecule has 0 fully saturated rings. The first-order valence-corrected chi connectivity index (χ1v) is 3.78. The van der Waals surface area contributed by atoms with Gasteiger partial charge in [0.1, 0.15) is 0 Å². The number of carboxylic acid groups (broad SMARTS) is 1. The number of halogens is 3. The summed E-state index contributed by atoms with van der Waals surface area (Å²) in [5.41, 5.74) is -0.921. The molecule has 14 heavy (non-hydrogen) atoms. The molecule has 0 radical (unpaired) electrons. The maximum absolute atomic E-state index is 12.9. The van der Waals surface area contributed by atoms with Crippen LogP contribution in [-0.4, -0.2) is 17.5 Å². The van der Waals surface area contributed by atoms with Crippen LogP contribution < -0.4 is 0 Å². The minimum atomic E-state index is -3.21. The molecule has 1 aromatic carbocycles. The molecule has 1 unspecified atom stereocenters. The molecule has 0 heterocycles. The van der Waals surface area contributed by atoms with Crippen molar-refractivity contribution >= 4 is 5.97 Å². The van der Waals surface area contributed by atoms with Gasteiger partial charge < -0.3 is 5.11 Å². The van der Waals surface area contributed by atoms with Gasteiger partial charge in [0.15, 0.2) is 6.17 Å². The van der Waals surface area contributed by atoms with Gasteiger partial charge >= 0.3 is 5.97 Å². The zero-order valence-electron chi connectivity index (χ0n) is 6.95. The van der Waals surface area contributed by atoms with Crippen LogP contribution in [0.2, 0.25) is 0 Å². The van der Waals surface area contributed by atoms with E-state index < -0.39 is 29.7 Å². The van der Waals surface area contributed by atoms with E-state index in [-0.39, 0.29) is 0 Å². The summed E-state index contributed by atoms with van der Waals surface area (Å²) < 4.78 is 36.8. The molecule has 2 nitrogen and oxygen atoms in total. The molecule has 1 atom stereocenters. The molecule has 0 amide bonds. The highest BCUT2D eigenvalue weighted by molar-refractivity contribution is 5.89. The SMILES string of the molecule is O=C(O)c1ccccc1C(F)C(F)F. The Labute approximate surface area is 78.0 Å². The minimum Gasteiger partial charge on any atom is -0.478 e. The number of aromatic carboxylic acids is 1. The Hall–Kier alpha value is -1.52. The van der Waals surface area contributed by atoms with Crippen LogP contribution in [0.4, 0.5) is 13.2 Å². The fourth-order valence-corrected chi connectivity index (χ4v) is 1.07. The Morgan fingerprint density at radius 2 is 1.79 bits per heavy atom. The van der Waals surface area contributed by atoms with E-state index in [4.69, 9.17) is 5.11 Å². The summed E-state index contributed by atoms with van der Waals surface area (Å²) in [5.74, 6) is -1.41. The average Bonchev–Trinajstić information content (AvgIpc) is 2.16. The van der Waals surface area contributed by atoms with Crippen molar-refractivity contribution < 1.29 is 23.1 Å². The molecule has 0 spiro atoms. The normalized spacial score (nSPS) is 12.9. The Balaban J connectivity index is 3.13. The Morgan fingerprint density at radius 1 is 1.21 bits per heavy atom. The fourth-order valence-electron chi connectivity index (χ4n) is 1.07. The first kappa shape index (κ1) is 10.6. The van der Waals surface area contributed by atoms with E-state index in [0.29, 0.717) is 0 Å². The van der Waals surface area contributed by atoms with E-state index in [2.05, 4.69) is 0 Å². The molecular formula is C9H7F3O2. The van der Waals surface area contributed by atoms with Crippen molar-refractivity contribution in [2.75, 3.05) is 0 Å². The van der Waals surface area contributed by atoms with Crippen LogP contribution in [0.25, 0.3) is 0 Å². The zero-order chi connectivity index (χ0) is 10.7. The lowest BCUT2D eigenvalue weighted by molar-refractivity contribution is 0.0477. The van der Waals surface area contributed by atoms with Gasteiger partial charge in [-0.15, -0.1) is 0 Å². The van der Waals surface area contributed by atoms with Gasteiger partial charge in [-0.1, -0.05) is 18.2 Å². The molecule has 0 aliphatic heterocycles. The van der Waals surface area contributed by atoms with Crippen molar-refractivity contribution in [2.24, 2.45) is 0 Å². The van der Waals surface area contributed by atoms with Gasteiger partial charge in [-0.2, -0.15) is 0 Å². The maximum Gasteiger partial charge on any atom is 0.336 e. The van der Waals surface area contributed by atoms with Gasteiger partial charge in [-0.05, 0) is 6.07 Å². The fraction of sp³-hybridized carbons (Fsp3) is 0.222. The lowest BCUT2D eigenvalue weighted by Gasteiger charge is -2.09. The molecule has 1 rings (SSSR count). The number of benzene rings is 1. The monoisotopic (exact) mass is 204 g/mol. The average molecular weight is 204 g/mol. The lowest BCUT2D eigenvalue weighted by atomic mass is 10.0. The molecule has 1 N–H and O–H groups in total. The van der Waals surface area contributed by atoms with Crippen LogP contribution in [0.5, 0.6) is 0 Å². The molecule has 0 bridgehead atoms. The molecular weight excluding hydrogens is 197 g/mol. The van der Waals surface area contributed by atoms with Crippen LogP contribution >= 0.6 is 0 Å². The molecule has 5 heteroatoms. The highest BCUT2D eigenvalue weighted by Crippen LogP contribution is 2.27. The molecule has 1 aromatic rings. The third-order valence-electron chi connectivity index (χ3n) is 1.71. The second-order valence-corrected chi connectivity index (χ2v) is 2.63. The summed E-state index contributed by atoms with van der Waals surface area (Å²) in [5, 5.41) is 8.58. The van der Waals surface area contributed by atoms with Crippen LogP contribution in [0, 0.1) is 0 Å². The smallest absolute Gasteiger partial charge is 0.336 e. The van der Waals surface area contributed by atoms with E-state index >= 15 is 0 Å². The minimum absolute atomic E-state index is 0.430. The summed E-state index contributed by atoms with van der Waals surface area (Å²) in [4.78, 5) is 10.5. The summed E-state index contributed by atoms with van der Waals surface area (Å²) in [6.45, 7) is 0. The van der Waals surface area contributed by atoms with Gasteiger partial charge in [-0.25, -0.2) is 18.0 Å². The molecule has 0 saturated carbocycles. The second-order valence-electron chi connectivity index (χ2n) is 2.63. The van der Waals surface area contributed by atoms with E-state index in [0.717, 1.165) is 12.1 Å². The van der Waals surface area contributed by atoms with Crippen LogP contribution in [0.1, 0.15) is 22.1 Å².